The zero-order valence-corrected chi connectivity index (χ0v) is 13.7. The van der Waals surface area contributed by atoms with E-state index in [-0.39, 0.29) is 18.6 Å². The predicted octanol–water partition coefficient (Wildman–Crippen LogP) is 2.23. The molecule has 1 aromatic carbocycles. The normalized spacial score (nSPS) is 17.4. The summed E-state index contributed by atoms with van der Waals surface area (Å²) in [6, 6.07) is 11.2. The number of likely N-dealkylation sites (tertiary alicyclic amines) is 1. The summed E-state index contributed by atoms with van der Waals surface area (Å²) in [7, 11) is 0. The highest BCUT2D eigenvalue weighted by Crippen LogP contribution is 2.17. The molecule has 0 saturated carbocycles. The molecule has 0 unspecified atom stereocenters. The third-order valence-electron chi connectivity index (χ3n) is 3.95. The minimum atomic E-state index is -0.0567. The smallest absolute Gasteiger partial charge is 0.260 e. The highest BCUT2D eigenvalue weighted by atomic mass is 16.5. The Morgan fingerprint density at radius 1 is 1.29 bits per heavy atom. The van der Waals surface area contributed by atoms with Crippen molar-refractivity contribution < 1.29 is 14.3 Å². The Labute approximate surface area is 141 Å². The largest absolute Gasteiger partial charge is 0.484 e. The van der Waals surface area contributed by atoms with Gasteiger partial charge in [-0.25, -0.2) is 0 Å². The molecule has 1 fully saturated rings. The number of hydrogen-bond donors (Lipinski definition) is 0. The summed E-state index contributed by atoms with van der Waals surface area (Å²) in [6.07, 6.45) is 3.35. The Balaban J connectivity index is 1.50. The number of benzene rings is 1. The lowest BCUT2D eigenvalue weighted by molar-refractivity contribution is -0.136. The minimum absolute atomic E-state index is 0.0250. The van der Waals surface area contributed by atoms with Crippen LogP contribution in [0.15, 0.2) is 42.6 Å². The number of aryl methyl sites for hydroxylation is 1. The van der Waals surface area contributed by atoms with E-state index in [2.05, 4.69) is 10.2 Å². The molecule has 1 aliphatic heterocycles. The van der Waals surface area contributed by atoms with Crippen molar-refractivity contribution in [2.45, 2.75) is 25.9 Å². The molecular weight excluding hydrogens is 306 g/mol. The summed E-state index contributed by atoms with van der Waals surface area (Å²) in [6.45, 7) is 3.34. The van der Waals surface area contributed by atoms with Gasteiger partial charge in [0.15, 0.2) is 6.61 Å². The van der Waals surface area contributed by atoms with Gasteiger partial charge in [0.1, 0.15) is 11.9 Å². The molecule has 1 saturated heterocycles. The van der Waals surface area contributed by atoms with Gasteiger partial charge >= 0.3 is 0 Å². The number of carbonyl (C=O) groups is 1. The summed E-state index contributed by atoms with van der Waals surface area (Å²) in [5.41, 5.74) is 1.16. The fourth-order valence-corrected chi connectivity index (χ4v) is 2.65. The number of hydrogen-bond acceptors (Lipinski definition) is 5. The van der Waals surface area contributed by atoms with Crippen molar-refractivity contribution in [1.29, 1.82) is 0 Å². The van der Waals surface area contributed by atoms with Crippen LogP contribution in [0.25, 0.3) is 0 Å². The molecule has 0 bridgehead atoms. The molecule has 0 aliphatic carbocycles. The summed E-state index contributed by atoms with van der Waals surface area (Å²) in [4.78, 5) is 14.1. The average Bonchev–Trinajstić information content (AvgIpc) is 2.62. The van der Waals surface area contributed by atoms with Gasteiger partial charge in [0.25, 0.3) is 5.91 Å². The highest BCUT2D eigenvalue weighted by molar-refractivity contribution is 5.77. The number of aromatic nitrogens is 2. The molecule has 1 aliphatic rings. The number of amides is 1. The van der Waals surface area contributed by atoms with Crippen LogP contribution in [0.2, 0.25) is 0 Å². The maximum atomic E-state index is 12.4. The summed E-state index contributed by atoms with van der Waals surface area (Å²) in [5.74, 6) is 1.18. The number of rotatable bonds is 5. The minimum Gasteiger partial charge on any atom is -0.484 e. The quantitative estimate of drug-likeness (QED) is 0.842. The van der Waals surface area contributed by atoms with E-state index in [1.807, 2.05) is 31.2 Å². The van der Waals surface area contributed by atoms with E-state index in [1.165, 1.54) is 0 Å². The van der Waals surface area contributed by atoms with Crippen LogP contribution in [0.4, 0.5) is 0 Å². The molecule has 6 heteroatoms. The Morgan fingerprint density at radius 2 is 2.12 bits per heavy atom. The first-order valence-corrected chi connectivity index (χ1v) is 8.12. The first kappa shape index (κ1) is 16.2. The molecule has 1 amide bonds. The van der Waals surface area contributed by atoms with Crippen molar-refractivity contribution in [3.05, 3.63) is 48.2 Å². The second kappa shape index (κ2) is 7.77. The van der Waals surface area contributed by atoms with Crippen molar-refractivity contribution in [2.24, 2.45) is 0 Å². The average molecular weight is 327 g/mol. The molecule has 24 heavy (non-hydrogen) atoms. The molecule has 6 nitrogen and oxygen atoms in total. The van der Waals surface area contributed by atoms with Crippen molar-refractivity contribution >= 4 is 5.91 Å². The number of piperidine rings is 1. The Morgan fingerprint density at radius 3 is 2.88 bits per heavy atom. The van der Waals surface area contributed by atoms with Crippen LogP contribution < -0.4 is 9.47 Å². The summed E-state index contributed by atoms with van der Waals surface area (Å²) in [5, 5.41) is 7.72. The Hall–Kier alpha value is -2.63. The second-order valence-corrected chi connectivity index (χ2v) is 5.89. The Kier molecular flexibility index (Phi) is 5.25. The van der Waals surface area contributed by atoms with E-state index in [1.54, 1.807) is 23.2 Å². The van der Waals surface area contributed by atoms with Crippen LogP contribution >= 0.6 is 0 Å². The molecule has 1 atom stereocenters. The van der Waals surface area contributed by atoms with Gasteiger partial charge < -0.3 is 14.4 Å². The topological polar surface area (TPSA) is 64.5 Å². The van der Waals surface area contributed by atoms with Gasteiger partial charge in [0.2, 0.25) is 5.88 Å². The molecule has 0 N–H and O–H groups in total. The fourth-order valence-electron chi connectivity index (χ4n) is 2.65. The highest BCUT2D eigenvalue weighted by Gasteiger charge is 2.25. The van der Waals surface area contributed by atoms with Gasteiger partial charge in [-0.3, -0.25) is 4.79 Å². The van der Waals surface area contributed by atoms with Gasteiger partial charge in [0, 0.05) is 18.8 Å². The zero-order valence-electron chi connectivity index (χ0n) is 13.7. The number of ether oxygens (including phenoxy) is 2. The van der Waals surface area contributed by atoms with Crippen LogP contribution in [0.1, 0.15) is 18.4 Å². The van der Waals surface area contributed by atoms with E-state index in [0.717, 1.165) is 24.9 Å². The molecule has 2 heterocycles. The molecule has 3 rings (SSSR count). The van der Waals surface area contributed by atoms with E-state index in [9.17, 15) is 4.79 Å². The predicted molar refractivity (Wildman–Crippen MR) is 88.9 cm³/mol. The SMILES string of the molecule is Cc1ccc(OCC(=O)N2CCC[C@H](Oc3cccnn3)C2)cc1. The first-order chi connectivity index (χ1) is 11.7. The van der Waals surface area contributed by atoms with Gasteiger partial charge in [-0.15, -0.1) is 5.10 Å². The number of carbonyl (C=O) groups excluding carboxylic acids is 1. The Bertz CT molecular complexity index is 661. The van der Waals surface area contributed by atoms with Crippen LogP contribution in [0, 0.1) is 6.92 Å². The van der Waals surface area contributed by atoms with Crippen molar-refractivity contribution in [2.75, 3.05) is 19.7 Å². The van der Waals surface area contributed by atoms with Gasteiger partial charge in [-0.2, -0.15) is 5.10 Å². The molecule has 0 radical (unpaired) electrons. The lowest BCUT2D eigenvalue weighted by Gasteiger charge is -2.32. The molecule has 0 spiro atoms. The van der Waals surface area contributed by atoms with E-state index < -0.39 is 0 Å². The third-order valence-corrected chi connectivity index (χ3v) is 3.95. The van der Waals surface area contributed by atoms with Gasteiger partial charge in [0.05, 0.1) is 6.54 Å². The van der Waals surface area contributed by atoms with Gasteiger partial charge in [-0.05, 0) is 38.0 Å². The van der Waals surface area contributed by atoms with Crippen molar-refractivity contribution in [1.82, 2.24) is 15.1 Å². The molecule has 126 valence electrons. The lowest BCUT2D eigenvalue weighted by Crippen LogP contribution is -2.46. The molecule has 2 aromatic rings. The van der Waals surface area contributed by atoms with E-state index in [0.29, 0.717) is 18.2 Å². The maximum Gasteiger partial charge on any atom is 0.260 e. The van der Waals surface area contributed by atoms with E-state index in [4.69, 9.17) is 9.47 Å². The van der Waals surface area contributed by atoms with Crippen molar-refractivity contribution in [3.63, 3.8) is 0 Å². The molecule has 1 aromatic heterocycles. The maximum absolute atomic E-state index is 12.4. The van der Waals surface area contributed by atoms with Crippen LogP contribution in [0.3, 0.4) is 0 Å². The van der Waals surface area contributed by atoms with Gasteiger partial charge in [-0.1, -0.05) is 17.7 Å². The lowest BCUT2D eigenvalue weighted by atomic mass is 10.1. The first-order valence-electron chi connectivity index (χ1n) is 8.12. The van der Waals surface area contributed by atoms with Crippen LogP contribution in [0.5, 0.6) is 11.6 Å². The van der Waals surface area contributed by atoms with Crippen LogP contribution in [-0.2, 0) is 4.79 Å². The fraction of sp³-hybridized carbons (Fsp3) is 0.389. The standard InChI is InChI=1S/C18H21N3O3/c1-14-6-8-15(9-7-14)23-13-18(22)21-11-3-4-16(12-21)24-17-5-2-10-19-20-17/h2,5-10,16H,3-4,11-13H2,1H3/t16-/m0/s1. The third kappa shape index (κ3) is 4.44. The summed E-state index contributed by atoms with van der Waals surface area (Å²) < 4.78 is 11.4. The zero-order chi connectivity index (χ0) is 16.8. The number of nitrogens with zero attached hydrogens (tertiary/aromatic N) is 3. The van der Waals surface area contributed by atoms with E-state index >= 15 is 0 Å². The second-order valence-electron chi connectivity index (χ2n) is 5.89. The van der Waals surface area contributed by atoms with Crippen LogP contribution in [-0.4, -0.2) is 46.8 Å². The van der Waals surface area contributed by atoms with Crippen molar-refractivity contribution in [3.8, 4) is 11.6 Å². The monoisotopic (exact) mass is 327 g/mol. The molecular formula is C18H21N3O3. The summed E-state index contributed by atoms with van der Waals surface area (Å²) >= 11 is 0.